The highest BCUT2D eigenvalue weighted by atomic mass is 16.5. The van der Waals surface area contributed by atoms with Crippen molar-refractivity contribution in [3.05, 3.63) is 54.1 Å². The number of anilines is 2. The second-order valence-corrected chi connectivity index (χ2v) is 8.65. The monoisotopic (exact) mass is 435 g/mol. The Balaban J connectivity index is 1.32. The lowest BCUT2D eigenvalue weighted by molar-refractivity contribution is -0.121. The molecule has 1 heterocycles. The smallest absolute Gasteiger partial charge is 0.253 e. The van der Waals surface area contributed by atoms with Crippen molar-refractivity contribution in [2.75, 3.05) is 30.8 Å². The summed E-state index contributed by atoms with van der Waals surface area (Å²) in [6.07, 6.45) is 2.12. The van der Waals surface area contributed by atoms with Gasteiger partial charge in [-0.15, -0.1) is 0 Å². The molecule has 2 aromatic rings. The van der Waals surface area contributed by atoms with Crippen LogP contribution < -0.4 is 15.4 Å². The molecule has 4 rings (SSSR count). The van der Waals surface area contributed by atoms with Crippen LogP contribution in [-0.2, 0) is 9.59 Å². The van der Waals surface area contributed by atoms with Gasteiger partial charge in [0.1, 0.15) is 5.75 Å². The fraction of sp³-hybridized carbons (Fsp3) is 0.400. The number of ether oxygens (including phenoxy) is 1. The van der Waals surface area contributed by atoms with Crippen LogP contribution in [0.25, 0.3) is 0 Å². The normalized spacial score (nSPS) is 20.4. The minimum Gasteiger partial charge on any atom is -0.495 e. The van der Waals surface area contributed by atoms with Gasteiger partial charge in [0, 0.05) is 36.2 Å². The highest BCUT2D eigenvalue weighted by molar-refractivity contribution is 5.99. The van der Waals surface area contributed by atoms with Crippen LogP contribution in [0, 0.1) is 17.8 Å². The van der Waals surface area contributed by atoms with E-state index in [1.807, 2.05) is 18.2 Å². The number of benzene rings is 2. The largest absolute Gasteiger partial charge is 0.495 e. The SMILES string of the molecule is COc1ccccc1NC(=O)C1CCN(C(=O)c2cccc(NC(=O)C3CC3C)c2)CC1. The molecule has 1 saturated carbocycles. The van der Waals surface area contributed by atoms with Crippen molar-refractivity contribution in [2.45, 2.75) is 26.2 Å². The van der Waals surface area contributed by atoms with Gasteiger partial charge in [-0.3, -0.25) is 14.4 Å². The number of methoxy groups -OCH3 is 1. The van der Waals surface area contributed by atoms with Gasteiger partial charge in [-0.25, -0.2) is 0 Å². The Morgan fingerprint density at radius 2 is 1.69 bits per heavy atom. The van der Waals surface area contributed by atoms with Gasteiger partial charge in [0.2, 0.25) is 11.8 Å². The van der Waals surface area contributed by atoms with Crippen LogP contribution in [0.3, 0.4) is 0 Å². The van der Waals surface area contributed by atoms with E-state index in [4.69, 9.17) is 4.74 Å². The number of likely N-dealkylation sites (tertiary alicyclic amines) is 1. The van der Waals surface area contributed by atoms with Crippen LogP contribution in [0.1, 0.15) is 36.5 Å². The lowest BCUT2D eigenvalue weighted by Gasteiger charge is -2.31. The first-order chi connectivity index (χ1) is 15.5. The molecule has 7 heteroatoms. The predicted molar refractivity (Wildman–Crippen MR) is 123 cm³/mol. The molecule has 7 nitrogen and oxygen atoms in total. The van der Waals surface area contributed by atoms with E-state index in [1.54, 1.807) is 42.3 Å². The quantitative estimate of drug-likeness (QED) is 0.723. The molecule has 0 bridgehead atoms. The molecule has 0 aromatic heterocycles. The maximum Gasteiger partial charge on any atom is 0.253 e. The highest BCUT2D eigenvalue weighted by Gasteiger charge is 2.39. The summed E-state index contributed by atoms with van der Waals surface area (Å²) < 4.78 is 5.29. The lowest BCUT2D eigenvalue weighted by Crippen LogP contribution is -2.41. The molecule has 1 saturated heterocycles. The third-order valence-electron chi connectivity index (χ3n) is 6.34. The van der Waals surface area contributed by atoms with E-state index in [1.165, 1.54) is 0 Å². The van der Waals surface area contributed by atoms with E-state index in [0.717, 1.165) is 6.42 Å². The van der Waals surface area contributed by atoms with Gasteiger partial charge in [0.05, 0.1) is 12.8 Å². The van der Waals surface area contributed by atoms with Crippen molar-refractivity contribution in [1.82, 2.24) is 4.90 Å². The Morgan fingerprint density at radius 1 is 0.969 bits per heavy atom. The average Bonchev–Trinajstić information content (AvgIpc) is 3.56. The fourth-order valence-corrected chi connectivity index (χ4v) is 4.16. The van der Waals surface area contributed by atoms with Crippen LogP contribution in [0.15, 0.2) is 48.5 Å². The standard InChI is InChI=1S/C25H29N3O4/c1-16-14-20(16)24(30)26-19-7-5-6-18(15-19)25(31)28-12-10-17(11-13-28)23(29)27-21-8-3-4-9-22(21)32-2/h3-9,15-17,20H,10-14H2,1-2H3,(H,26,30)(H,27,29). The fourth-order valence-electron chi connectivity index (χ4n) is 4.16. The third kappa shape index (κ3) is 4.93. The Kier molecular flexibility index (Phi) is 6.44. The second kappa shape index (κ2) is 9.42. The minimum atomic E-state index is -0.157. The summed E-state index contributed by atoms with van der Waals surface area (Å²) in [6, 6.07) is 14.4. The molecule has 2 atom stereocenters. The third-order valence-corrected chi connectivity index (χ3v) is 6.34. The number of carbonyl (C=O) groups is 3. The average molecular weight is 436 g/mol. The van der Waals surface area contributed by atoms with Crippen molar-refractivity contribution >= 4 is 29.1 Å². The number of rotatable bonds is 6. The Labute approximate surface area is 188 Å². The van der Waals surface area contributed by atoms with E-state index in [-0.39, 0.29) is 29.6 Å². The number of amides is 3. The number of carbonyl (C=O) groups excluding carboxylic acids is 3. The molecule has 1 aliphatic heterocycles. The number of nitrogens with zero attached hydrogens (tertiary/aromatic N) is 1. The van der Waals surface area contributed by atoms with Gasteiger partial charge in [0.15, 0.2) is 0 Å². The van der Waals surface area contributed by atoms with Crippen LogP contribution in [0.5, 0.6) is 5.75 Å². The number of hydrogen-bond donors (Lipinski definition) is 2. The van der Waals surface area contributed by atoms with Gasteiger partial charge in [-0.1, -0.05) is 25.1 Å². The zero-order chi connectivity index (χ0) is 22.7. The zero-order valence-corrected chi connectivity index (χ0v) is 18.5. The lowest BCUT2D eigenvalue weighted by atomic mass is 9.95. The number of piperidine rings is 1. The maximum atomic E-state index is 13.0. The van der Waals surface area contributed by atoms with Crippen LogP contribution in [0.2, 0.25) is 0 Å². The minimum absolute atomic E-state index is 0.0176. The Morgan fingerprint density at radius 3 is 2.38 bits per heavy atom. The molecule has 2 fully saturated rings. The van der Waals surface area contributed by atoms with E-state index in [2.05, 4.69) is 17.6 Å². The van der Waals surface area contributed by atoms with Crippen LogP contribution >= 0.6 is 0 Å². The van der Waals surface area contributed by atoms with Crippen molar-refractivity contribution in [3.8, 4) is 5.75 Å². The summed E-state index contributed by atoms with van der Waals surface area (Å²) in [7, 11) is 1.57. The summed E-state index contributed by atoms with van der Waals surface area (Å²) in [6.45, 7) is 3.09. The summed E-state index contributed by atoms with van der Waals surface area (Å²) in [5, 5.41) is 5.86. The Hall–Kier alpha value is -3.35. The molecule has 32 heavy (non-hydrogen) atoms. The molecule has 0 spiro atoms. The molecule has 2 aromatic carbocycles. The zero-order valence-electron chi connectivity index (χ0n) is 18.5. The van der Waals surface area contributed by atoms with Crippen molar-refractivity contribution in [2.24, 2.45) is 17.8 Å². The van der Waals surface area contributed by atoms with Crippen LogP contribution in [-0.4, -0.2) is 42.8 Å². The maximum absolute atomic E-state index is 13.0. The van der Waals surface area contributed by atoms with Crippen molar-refractivity contribution in [3.63, 3.8) is 0 Å². The highest BCUT2D eigenvalue weighted by Crippen LogP contribution is 2.38. The summed E-state index contributed by atoms with van der Waals surface area (Å²) >= 11 is 0. The van der Waals surface area contributed by atoms with E-state index >= 15 is 0 Å². The van der Waals surface area contributed by atoms with Crippen molar-refractivity contribution < 1.29 is 19.1 Å². The molecule has 1 aliphatic carbocycles. The summed E-state index contributed by atoms with van der Waals surface area (Å²) in [5.41, 5.74) is 1.84. The molecule has 0 radical (unpaired) electrons. The number of para-hydroxylation sites is 2. The molecule has 2 unspecified atom stereocenters. The molecular formula is C25H29N3O4. The first kappa shape index (κ1) is 21.9. The molecule has 2 aliphatic rings. The van der Waals surface area contributed by atoms with Gasteiger partial charge < -0.3 is 20.3 Å². The van der Waals surface area contributed by atoms with Crippen molar-refractivity contribution in [1.29, 1.82) is 0 Å². The summed E-state index contributed by atoms with van der Waals surface area (Å²) in [5.74, 6) is 0.859. The van der Waals surface area contributed by atoms with Gasteiger partial charge in [0.25, 0.3) is 5.91 Å². The molecular weight excluding hydrogens is 406 g/mol. The van der Waals surface area contributed by atoms with E-state index in [0.29, 0.717) is 54.5 Å². The van der Waals surface area contributed by atoms with E-state index in [9.17, 15) is 14.4 Å². The van der Waals surface area contributed by atoms with Gasteiger partial charge in [-0.2, -0.15) is 0 Å². The first-order valence-corrected chi connectivity index (χ1v) is 11.1. The van der Waals surface area contributed by atoms with E-state index < -0.39 is 0 Å². The first-order valence-electron chi connectivity index (χ1n) is 11.1. The number of hydrogen-bond acceptors (Lipinski definition) is 4. The second-order valence-electron chi connectivity index (χ2n) is 8.65. The molecule has 3 amide bonds. The number of nitrogens with one attached hydrogen (secondary N) is 2. The summed E-state index contributed by atoms with van der Waals surface area (Å²) in [4.78, 5) is 39.6. The van der Waals surface area contributed by atoms with Gasteiger partial charge >= 0.3 is 0 Å². The topological polar surface area (TPSA) is 87.7 Å². The van der Waals surface area contributed by atoms with Gasteiger partial charge in [-0.05, 0) is 55.5 Å². The molecule has 2 N–H and O–H groups in total. The molecule has 168 valence electrons. The predicted octanol–water partition coefficient (Wildman–Crippen LogP) is 3.78. The van der Waals surface area contributed by atoms with Crippen LogP contribution in [0.4, 0.5) is 11.4 Å². The Bertz CT molecular complexity index is 1010.